The maximum absolute atomic E-state index is 10.7. The van der Waals surface area contributed by atoms with E-state index >= 15 is 0 Å². The molecule has 8 heterocycles. The summed E-state index contributed by atoms with van der Waals surface area (Å²) in [5, 5.41) is 27.5. The average Bonchev–Trinajstić information content (AvgIpc) is 1.59. The quantitative estimate of drug-likeness (QED) is 0.0534. The fourth-order valence-corrected chi connectivity index (χ4v) is 16.9. The fourth-order valence-electron chi connectivity index (χ4n) is 10.9. The normalized spacial score (nSPS) is 11.4. The van der Waals surface area contributed by atoms with E-state index in [-0.39, 0.29) is 46.8 Å². The maximum atomic E-state index is 10.7. The SMILES string of the molecule is CCO.CO.CO.C[Si]1(C)c2ccccc2-c2cc(-c3[c-]cccc3)ncc21.C[Si]1(C)c2ccccc2-c2cc(-c3ccccc3)ncc21.O=S(=O)(O)C(F)(F)F.[Ir+3].[Ir].[c-]1ccccc1-c1ccccn1.[c-]1ccccc1-c1ccccn1.[c-]1ccccc1-c1ccccn1.[c-]1ccccc1-c1ccccn1. The second kappa shape index (κ2) is 44.8. The van der Waals surface area contributed by atoms with Crippen molar-refractivity contribution >= 4 is 47.0 Å². The standard InChI is InChI=1S/C19H17NSi.C19H16NSi.4C11H8N.C2H6O.CHF3O3S.2CH4O.2Ir/c2*1-21(2)18-11-7-6-10-15(18)16-12-17(20-13-19(16)21)14-8-4-3-5-9-14;4*1-2-6-10(7-3-1)11-8-4-5-9-12-11;1-2-3;2-1(3,4)8(5,6)7;2*1-2;;/h3-13H,1-2H3;3-8,10-13H,1-2H3;4*1-6,8-9H;3H,2H2,1H3;(H,5,6,7);2*2H,1H3;;/q;5*-1;;;;;;+3. The van der Waals surface area contributed by atoms with Crippen LogP contribution in [0.4, 0.5) is 13.2 Å². The van der Waals surface area contributed by atoms with Crippen LogP contribution in [0, 0.1) is 30.3 Å². The first-order chi connectivity index (χ1) is 50.9. The molecule has 4 N–H and O–H groups in total. The van der Waals surface area contributed by atoms with Gasteiger partial charge >= 0.3 is 35.7 Å². The van der Waals surface area contributed by atoms with Gasteiger partial charge in [-0.3, -0.25) is 9.54 Å². The molecule has 0 unspecified atom stereocenters. The van der Waals surface area contributed by atoms with Crippen molar-refractivity contribution < 1.29 is 81.7 Å². The zero-order valence-electron chi connectivity index (χ0n) is 59.8. The second-order valence-electron chi connectivity index (χ2n) is 23.4. The third kappa shape index (κ3) is 25.3. The zero-order chi connectivity index (χ0) is 75.5. The van der Waals surface area contributed by atoms with Crippen molar-refractivity contribution in [2.45, 2.75) is 38.6 Å². The topological polar surface area (TPSA) is 192 Å². The zero-order valence-corrected chi connectivity index (χ0v) is 67.4. The Hall–Kier alpha value is -10.0. The van der Waals surface area contributed by atoms with E-state index in [0.29, 0.717) is 0 Å². The van der Waals surface area contributed by atoms with Crippen LogP contribution in [0.25, 0.3) is 89.8 Å². The van der Waals surface area contributed by atoms with E-state index in [1.54, 1.807) is 31.7 Å². The Kier molecular flexibility index (Phi) is 36.7. The number of aromatic nitrogens is 6. The van der Waals surface area contributed by atoms with Gasteiger partial charge in [-0.05, 0) is 109 Å². The number of aliphatic hydroxyl groups is 3. The number of hydrogen-bond acceptors (Lipinski definition) is 11. The summed E-state index contributed by atoms with van der Waals surface area (Å²) in [6.07, 6.45) is 11.4. The third-order valence-corrected chi connectivity index (χ3v) is 23.5. The number of nitrogens with zero attached hydrogens (tertiary/aromatic N) is 6. The predicted octanol–water partition coefficient (Wildman–Crippen LogP) is 16.7. The Morgan fingerprint density at radius 3 is 0.879 bits per heavy atom. The van der Waals surface area contributed by atoms with Crippen LogP contribution in [0.3, 0.4) is 0 Å². The number of fused-ring (bicyclic) bond motifs is 6. The summed E-state index contributed by atoms with van der Waals surface area (Å²) in [5.74, 6) is 0. The summed E-state index contributed by atoms with van der Waals surface area (Å²) in [7, 11) is -6.99. The van der Waals surface area contributed by atoms with Crippen LogP contribution in [-0.4, -0.2) is 101 Å². The molecule has 12 nitrogen and oxygen atoms in total. The van der Waals surface area contributed by atoms with Gasteiger partial charge in [0.25, 0.3) is 0 Å². The number of aliphatic hydroxyl groups excluding tert-OH is 3. The Morgan fingerprint density at radius 1 is 0.355 bits per heavy atom. The molecule has 0 aliphatic carbocycles. The first-order valence-electron chi connectivity index (χ1n) is 33.2. The van der Waals surface area contributed by atoms with Gasteiger partial charge in [0.15, 0.2) is 0 Å². The first kappa shape index (κ1) is 87.6. The minimum absolute atomic E-state index is 0. The van der Waals surface area contributed by atoms with E-state index in [0.717, 1.165) is 76.2 Å². The minimum atomic E-state index is -5.84. The van der Waals surface area contributed by atoms with Crippen LogP contribution in [0.5, 0.6) is 0 Å². The summed E-state index contributed by atoms with van der Waals surface area (Å²) in [6, 6.07) is 111. The number of benzene rings is 8. The molecule has 0 bridgehead atoms. The van der Waals surface area contributed by atoms with E-state index in [1.165, 1.54) is 48.6 Å². The Balaban J connectivity index is 0.000000225. The molecule has 16 rings (SSSR count). The smallest absolute Gasteiger partial charge is 0.400 e. The summed E-state index contributed by atoms with van der Waals surface area (Å²) < 4.78 is 57.5. The van der Waals surface area contributed by atoms with Gasteiger partial charge in [-0.25, -0.2) is 0 Å². The molecule has 0 spiro atoms. The fraction of sp³-hybridized carbons (Fsp3) is 0.103. The minimum Gasteiger partial charge on any atom is -0.400 e. The molecule has 549 valence electrons. The Morgan fingerprint density at radius 2 is 0.607 bits per heavy atom. The number of rotatable bonds is 6. The predicted molar refractivity (Wildman–Crippen MR) is 423 cm³/mol. The van der Waals surface area contributed by atoms with Gasteiger partial charge in [0.2, 0.25) is 0 Å². The van der Waals surface area contributed by atoms with Crippen molar-refractivity contribution in [2.75, 3.05) is 20.8 Å². The third-order valence-electron chi connectivity index (χ3n) is 15.9. The van der Waals surface area contributed by atoms with Gasteiger partial charge < -0.3 is 40.2 Å². The van der Waals surface area contributed by atoms with Gasteiger partial charge in [0, 0.05) is 83.7 Å². The Labute approximate surface area is 655 Å². The molecular weight excluding hydrogens is 1750 g/mol. The van der Waals surface area contributed by atoms with E-state index in [2.05, 4.69) is 180 Å². The van der Waals surface area contributed by atoms with E-state index < -0.39 is 31.8 Å². The number of pyridine rings is 6. The van der Waals surface area contributed by atoms with Gasteiger partial charge in [-0.1, -0.05) is 160 Å². The van der Waals surface area contributed by atoms with Crippen molar-refractivity contribution in [3.05, 3.63) is 353 Å². The van der Waals surface area contributed by atoms with Crippen LogP contribution in [0.15, 0.2) is 322 Å². The molecule has 107 heavy (non-hydrogen) atoms. The molecule has 0 atom stereocenters. The summed E-state index contributed by atoms with van der Waals surface area (Å²) in [5.41, 5.74) is 12.4. The van der Waals surface area contributed by atoms with Gasteiger partial charge in [-0.15, -0.1) is 179 Å². The van der Waals surface area contributed by atoms with Gasteiger partial charge in [0.05, 0.1) is 5.69 Å². The number of hydrogen-bond donors (Lipinski definition) is 4. The van der Waals surface area contributed by atoms with Crippen molar-refractivity contribution in [3.8, 4) is 89.8 Å². The second-order valence-corrected chi connectivity index (χ2v) is 33.5. The molecule has 8 aromatic carbocycles. The Bertz CT molecular complexity index is 4350. The van der Waals surface area contributed by atoms with Gasteiger partial charge in [0.1, 0.15) is 16.1 Å². The summed E-state index contributed by atoms with van der Waals surface area (Å²) in [4.78, 5) is 26.3. The largest absolute Gasteiger partial charge is 3.00 e. The summed E-state index contributed by atoms with van der Waals surface area (Å²) in [6.45, 7) is 11.6. The van der Waals surface area contributed by atoms with Crippen molar-refractivity contribution in [1.29, 1.82) is 0 Å². The van der Waals surface area contributed by atoms with E-state index in [9.17, 15) is 13.2 Å². The van der Waals surface area contributed by atoms with Crippen molar-refractivity contribution in [2.24, 2.45) is 0 Å². The molecule has 6 aromatic heterocycles. The number of alkyl halides is 3. The first-order valence-corrected chi connectivity index (χ1v) is 40.6. The number of halogens is 3. The van der Waals surface area contributed by atoms with E-state index in [1.807, 2.05) is 194 Å². The van der Waals surface area contributed by atoms with Crippen molar-refractivity contribution in [3.63, 3.8) is 0 Å². The van der Waals surface area contributed by atoms with Crippen LogP contribution in [0.2, 0.25) is 26.2 Å². The molecule has 0 amide bonds. The monoisotopic (exact) mass is 1840 g/mol. The molecule has 14 aromatic rings. The van der Waals surface area contributed by atoms with E-state index in [4.69, 9.17) is 38.3 Å². The van der Waals surface area contributed by atoms with Crippen LogP contribution in [-0.2, 0) is 50.3 Å². The molecule has 1 radical (unpaired) electrons. The van der Waals surface area contributed by atoms with Crippen LogP contribution in [0.1, 0.15) is 6.92 Å². The molecule has 2 aliphatic rings. The molecule has 20 heteroatoms. The van der Waals surface area contributed by atoms with Crippen LogP contribution < -0.4 is 20.7 Å². The average molecular weight is 1840 g/mol. The van der Waals surface area contributed by atoms with Crippen molar-refractivity contribution in [1.82, 2.24) is 29.9 Å². The van der Waals surface area contributed by atoms with Crippen LogP contribution >= 0.6 is 0 Å². The molecule has 0 saturated carbocycles. The molecule has 2 aliphatic heterocycles. The molecule has 0 fully saturated rings. The molecule has 0 saturated heterocycles. The molecular formula is C87H80F3Ir2N6O6SSi2-2. The maximum Gasteiger partial charge on any atom is 3.00 e. The van der Waals surface area contributed by atoms with Gasteiger partial charge in [-0.2, -0.15) is 21.6 Å². The summed E-state index contributed by atoms with van der Waals surface area (Å²) >= 11 is 0.